The van der Waals surface area contributed by atoms with Gasteiger partial charge in [-0.15, -0.1) is 16.4 Å². The summed E-state index contributed by atoms with van der Waals surface area (Å²) in [7, 11) is 0. The van der Waals surface area contributed by atoms with E-state index in [1.807, 2.05) is 18.2 Å². The van der Waals surface area contributed by atoms with Crippen LogP contribution in [-0.2, 0) is 0 Å². The van der Waals surface area contributed by atoms with Crippen molar-refractivity contribution in [3.05, 3.63) is 41.7 Å². The normalized spacial score (nSPS) is 11.0. The second kappa shape index (κ2) is 6.79. The Hall–Kier alpha value is -2.74. The van der Waals surface area contributed by atoms with E-state index >= 15 is 0 Å². The SMILES string of the molecule is CC(C)COc1ccc(-c2ncc(C(=O)O)s2)cc1-n1ccnn1. The molecule has 2 aromatic heterocycles. The number of hydrogen-bond acceptors (Lipinski definition) is 6. The molecule has 0 amide bonds. The fraction of sp³-hybridized carbons (Fsp3) is 0.250. The highest BCUT2D eigenvalue weighted by molar-refractivity contribution is 7.16. The number of hydrogen-bond donors (Lipinski definition) is 1. The van der Waals surface area contributed by atoms with Crippen molar-refractivity contribution in [1.29, 1.82) is 0 Å². The fourth-order valence-corrected chi connectivity index (χ4v) is 2.80. The smallest absolute Gasteiger partial charge is 0.347 e. The molecule has 124 valence electrons. The first-order chi connectivity index (χ1) is 11.5. The second-order valence-corrected chi connectivity index (χ2v) is 6.60. The Morgan fingerprint density at radius 1 is 1.42 bits per heavy atom. The molecular weight excluding hydrogens is 328 g/mol. The number of nitrogens with zero attached hydrogens (tertiary/aromatic N) is 4. The predicted molar refractivity (Wildman–Crippen MR) is 89.8 cm³/mol. The minimum atomic E-state index is -0.980. The number of carbonyl (C=O) groups is 1. The lowest BCUT2D eigenvalue weighted by molar-refractivity contribution is 0.0702. The molecule has 0 unspecified atom stereocenters. The number of aromatic nitrogens is 4. The van der Waals surface area contributed by atoms with Gasteiger partial charge >= 0.3 is 5.97 Å². The van der Waals surface area contributed by atoms with E-state index in [-0.39, 0.29) is 4.88 Å². The van der Waals surface area contributed by atoms with Crippen LogP contribution in [0.25, 0.3) is 16.3 Å². The molecule has 2 heterocycles. The molecule has 0 bridgehead atoms. The van der Waals surface area contributed by atoms with Crippen LogP contribution in [0, 0.1) is 5.92 Å². The maximum Gasteiger partial charge on any atom is 0.347 e. The van der Waals surface area contributed by atoms with Crippen LogP contribution in [0.5, 0.6) is 5.75 Å². The van der Waals surface area contributed by atoms with Gasteiger partial charge in [0, 0.05) is 5.56 Å². The first kappa shape index (κ1) is 16.1. The highest BCUT2D eigenvalue weighted by Crippen LogP contribution is 2.31. The van der Waals surface area contributed by atoms with E-state index in [4.69, 9.17) is 9.84 Å². The van der Waals surface area contributed by atoms with Gasteiger partial charge in [-0.3, -0.25) is 0 Å². The molecule has 1 N–H and O–H groups in total. The van der Waals surface area contributed by atoms with Gasteiger partial charge in [0.05, 0.1) is 25.2 Å². The topological polar surface area (TPSA) is 90.1 Å². The van der Waals surface area contributed by atoms with E-state index in [1.54, 1.807) is 17.1 Å². The average Bonchev–Trinajstić information content (AvgIpc) is 3.24. The first-order valence-corrected chi connectivity index (χ1v) is 8.19. The molecule has 24 heavy (non-hydrogen) atoms. The van der Waals surface area contributed by atoms with E-state index in [9.17, 15) is 4.79 Å². The minimum Gasteiger partial charge on any atom is -0.491 e. The van der Waals surface area contributed by atoms with E-state index in [0.29, 0.717) is 23.3 Å². The van der Waals surface area contributed by atoms with Crippen LogP contribution in [0.15, 0.2) is 36.8 Å². The van der Waals surface area contributed by atoms with Crippen LogP contribution in [-0.4, -0.2) is 37.7 Å². The summed E-state index contributed by atoms with van der Waals surface area (Å²) in [6.07, 6.45) is 4.68. The van der Waals surface area contributed by atoms with Gasteiger partial charge in [-0.2, -0.15) is 0 Å². The Labute approximate surface area is 142 Å². The van der Waals surface area contributed by atoms with Crippen LogP contribution in [0.3, 0.4) is 0 Å². The number of thiazole rings is 1. The van der Waals surface area contributed by atoms with Crippen molar-refractivity contribution in [3.63, 3.8) is 0 Å². The van der Waals surface area contributed by atoms with E-state index in [2.05, 4.69) is 29.1 Å². The lowest BCUT2D eigenvalue weighted by atomic mass is 10.2. The number of rotatable bonds is 6. The van der Waals surface area contributed by atoms with E-state index < -0.39 is 5.97 Å². The van der Waals surface area contributed by atoms with Crippen molar-refractivity contribution in [2.24, 2.45) is 5.92 Å². The molecule has 0 saturated carbocycles. The number of carboxylic acids is 1. The Kier molecular flexibility index (Phi) is 4.57. The lowest BCUT2D eigenvalue weighted by Crippen LogP contribution is -2.07. The Morgan fingerprint density at radius 2 is 2.25 bits per heavy atom. The number of aromatic carboxylic acids is 1. The molecule has 0 spiro atoms. The molecule has 3 rings (SSSR count). The van der Waals surface area contributed by atoms with Gasteiger partial charge in [0.15, 0.2) is 0 Å². The van der Waals surface area contributed by atoms with Crippen LogP contribution in [0.2, 0.25) is 0 Å². The minimum absolute atomic E-state index is 0.201. The van der Waals surface area contributed by atoms with Crippen LogP contribution in [0.4, 0.5) is 0 Å². The van der Waals surface area contributed by atoms with Crippen molar-refractivity contribution < 1.29 is 14.6 Å². The predicted octanol–water partition coefficient (Wildman–Crippen LogP) is 3.12. The van der Waals surface area contributed by atoms with Crippen LogP contribution < -0.4 is 4.74 Å². The Bertz CT molecular complexity index is 843. The van der Waals surface area contributed by atoms with Crippen molar-refractivity contribution >= 4 is 17.3 Å². The van der Waals surface area contributed by atoms with Gasteiger partial charge in [-0.25, -0.2) is 14.5 Å². The highest BCUT2D eigenvalue weighted by Gasteiger charge is 2.14. The summed E-state index contributed by atoms with van der Waals surface area (Å²) < 4.78 is 7.47. The largest absolute Gasteiger partial charge is 0.491 e. The molecule has 0 aliphatic heterocycles. The summed E-state index contributed by atoms with van der Waals surface area (Å²) in [4.78, 5) is 15.4. The van der Waals surface area contributed by atoms with Gasteiger partial charge in [0.25, 0.3) is 0 Å². The van der Waals surface area contributed by atoms with E-state index in [1.165, 1.54) is 6.20 Å². The van der Waals surface area contributed by atoms with Gasteiger partial charge in [0.2, 0.25) is 0 Å². The standard InChI is InChI=1S/C16H16N4O3S/c1-10(2)9-23-13-4-3-11(7-12(13)20-6-5-18-19-20)15-17-8-14(24-15)16(21)22/h3-8,10H,9H2,1-2H3,(H,21,22). The van der Waals surface area contributed by atoms with Gasteiger partial charge in [-0.05, 0) is 24.1 Å². The number of ether oxygens (including phenoxy) is 1. The molecule has 0 saturated heterocycles. The zero-order valence-electron chi connectivity index (χ0n) is 13.2. The third-order valence-electron chi connectivity index (χ3n) is 3.16. The van der Waals surface area contributed by atoms with Crippen molar-refractivity contribution in [3.8, 4) is 22.0 Å². The molecule has 1 aromatic carbocycles. The zero-order chi connectivity index (χ0) is 17.1. The molecule has 0 aliphatic carbocycles. The highest BCUT2D eigenvalue weighted by atomic mass is 32.1. The van der Waals surface area contributed by atoms with Gasteiger partial charge in [0.1, 0.15) is 21.3 Å². The lowest BCUT2D eigenvalue weighted by Gasteiger charge is -2.13. The zero-order valence-corrected chi connectivity index (χ0v) is 14.0. The molecule has 0 fully saturated rings. The Balaban J connectivity index is 2.00. The Morgan fingerprint density at radius 3 is 2.88 bits per heavy atom. The van der Waals surface area contributed by atoms with E-state index in [0.717, 1.165) is 22.6 Å². The second-order valence-electron chi connectivity index (χ2n) is 5.57. The summed E-state index contributed by atoms with van der Waals surface area (Å²) in [6, 6.07) is 5.58. The molecule has 3 aromatic rings. The molecule has 7 nitrogen and oxygen atoms in total. The van der Waals surface area contributed by atoms with Crippen molar-refractivity contribution in [2.45, 2.75) is 13.8 Å². The summed E-state index contributed by atoms with van der Waals surface area (Å²) in [6.45, 7) is 4.74. The first-order valence-electron chi connectivity index (χ1n) is 7.37. The van der Waals surface area contributed by atoms with Gasteiger partial charge in [-0.1, -0.05) is 19.1 Å². The van der Waals surface area contributed by atoms with Crippen molar-refractivity contribution in [2.75, 3.05) is 6.61 Å². The molecule has 0 radical (unpaired) electrons. The molecular formula is C16H16N4O3S. The quantitative estimate of drug-likeness (QED) is 0.739. The van der Waals surface area contributed by atoms with Gasteiger partial charge < -0.3 is 9.84 Å². The third kappa shape index (κ3) is 3.43. The molecule has 8 heteroatoms. The fourth-order valence-electron chi connectivity index (χ4n) is 2.05. The summed E-state index contributed by atoms with van der Waals surface area (Å²) in [5, 5.41) is 17.5. The maximum absolute atomic E-state index is 11.0. The summed E-state index contributed by atoms with van der Waals surface area (Å²) >= 11 is 1.13. The third-order valence-corrected chi connectivity index (χ3v) is 4.20. The molecule has 0 aliphatic rings. The van der Waals surface area contributed by atoms with Crippen molar-refractivity contribution in [1.82, 2.24) is 20.0 Å². The monoisotopic (exact) mass is 344 g/mol. The molecule has 0 atom stereocenters. The average molecular weight is 344 g/mol. The van der Waals surface area contributed by atoms with Crippen LogP contribution in [0.1, 0.15) is 23.5 Å². The number of carboxylic acid groups (broad SMARTS) is 1. The number of benzene rings is 1. The van der Waals surface area contributed by atoms with Crippen LogP contribution >= 0.6 is 11.3 Å². The maximum atomic E-state index is 11.0. The summed E-state index contributed by atoms with van der Waals surface area (Å²) in [5.74, 6) is 0.102. The summed E-state index contributed by atoms with van der Waals surface area (Å²) in [5.41, 5.74) is 1.53.